The highest BCUT2D eigenvalue weighted by Crippen LogP contribution is 2.13. The number of hydrogen-bond donors (Lipinski definition) is 2. The lowest BCUT2D eigenvalue weighted by molar-refractivity contribution is 0.293. The first-order valence-corrected chi connectivity index (χ1v) is 8.66. The van der Waals surface area contributed by atoms with Crippen LogP contribution in [0.5, 0.6) is 0 Å². The Balaban J connectivity index is 2.48. The molecule has 3 N–H and O–H groups in total. The lowest BCUT2D eigenvalue weighted by atomic mass is 10.2. The fourth-order valence-corrected chi connectivity index (χ4v) is 3.20. The molecule has 0 heterocycles. The van der Waals surface area contributed by atoms with Gasteiger partial charge >= 0.3 is 0 Å². The largest absolute Gasteiger partial charge is 0.398 e. The molecule has 114 valence electrons. The van der Waals surface area contributed by atoms with Crippen molar-refractivity contribution in [1.29, 1.82) is 0 Å². The van der Waals surface area contributed by atoms with Crippen molar-refractivity contribution in [2.24, 2.45) is 0 Å². The predicted octanol–water partition coefficient (Wildman–Crippen LogP) is 1.42. The SMILES string of the molecule is CCCN(CC)CCNS(=O)(=O)Cc1ccccc1N. The van der Waals surface area contributed by atoms with E-state index in [1.54, 1.807) is 24.3 Å². The van der Waals surface area contributed by atoms with E-state index in [0.29, 0.717) is 17.8 Å². The van der Waals surface area contributed by atoms with Gasteiger partial charge in [-0.25, -0.2) is 13.1 Å². The first-order valence-electron chi connectivity index (χ1n) is 7.01. The zero-order valence-electron chi connectivity index (χ0n) is 12.3. The molecule has 0 unspecified atom stereocenters. The Kier molecular flexibility index (Phi) is 6.98. The second-order valence-electron chi connectivity index (χ2n) is 4.79. The molecule has 0 aromatic heterocycles. The van der Waals surface area contributed by atoms with Crippen molar-refractivity contribution in [3.8, 4) is 0 Å². The van der Waals surface area contributed by atoms with E-state index in [1.165, 1.54) is 0 Å². The van der Waals surface area contributed by atoms with Gasteiger partial charge in [0, 0.05) is 18.8 Å². The van der Waals surface area contributed by atoms with Crippen LogP contribution in [0.1, 0.15) is 25.8 Å². The highest BCUT2D eigenvalue weighted by atomic mass is 32.2. The third-order valence-electron chi connectivity index (χ3n) is 3.14. The molecule has 0 fully saturated rings. The van der Waals surface area contributed by atoms with E-state index < -0.39 is 10.0 Å². The van der Waals surface area contributed by atoms with E-state index in [4.69, 9.17) is 5.73 Å². The van der Waals surface area contributed by atoms with Crippen LogP contribution < -0.4 is 10.5 Å². The zero-order valence-corrected chi connectivity index (χ0v) is 13.1. The van der Waals surface area contributed by atoms with Crippen LogP contribution in [0.2, 0.25) is 0 Å². The number of hydrogen-bond acceptors (Lipinski definition) is 4. The molecule has 0 atom stereocenters. The second kappa shape index (κ2) is 8.24. The van der Waals surface area contributed by atoms with Gasteiger partial charge in [0.2, 0.25) is 10.0 Å². The lowest BCUT2D eigenvalue weighted by Crippen LogP contribution is -2.35. The molecule has 1 aromatic carbocycles. The van der Waals surface area contributed by atoms with Crippen molar-refractivity contribution < 1.29 is 8.42 Å². The quantitative estimate of drug-likeness (QED) is 0.676. The average Bonchev–Trinajstić information content (AvgIpc) is 2.40. The van der Waals surface area contributed by atoms with Crippen LogP contribution in [0.15, 0.2) is 24.3 Å². The third-order valence-corrected chi connectivity index (χ3v) is 4.47. The number of sulfonamides is 1. The molecule has 0 aliphatic carbocycles. The first kappa shape index (κ1) is 16.9. The number of para-hydroxylation sites is 1. The van der Waals surface area contributed by atoms with Crippen LogP contribution in [0.25, 0.3) is 0 Å². The summed E-state index contributed by atoms with van der Waals surface area (Å²) in [5, 5.41) is 0. The van der Waals surface area contributed by atoms with Crippen LogP contribution in [0.3, 0.4) is 0 Å². The minimum Gasteiger partial charge on any atom is -0.398 e. The van der Waals surface area contributed by atoms with Crippen LogP contribution >= 0.6 is 0 Å². The van der Waals surface area contributed by atoms with Gasteiger partial charge < -0.3 is 10.6 Å². The molecule has 20 heavy (non-hydrogen) atoms. The van der Waals surface area contributed by atoms with E-state index in [-0.39, 0.29) is 5.75 Å². The zero-order chi connectivity index (χ0) is 15.0. The molecule has 0 radical (unpaired) electrons. The molecular formula is C14H25N3O2S. The van der Waals surface area contributed by atoms with Crippen LogP contribution in [-0.4, -0.2) is 39.5 Å². The number of likely N-dealkylation sites (N-methyl/N-ethyl adjacent to an activating group) is 1. The number of nitrogen functional groups attached to an aromatic ring is 1. The summed E-state index contributed by atoms with van der Waals surface area (Å²) in [7, 11) is -3.33. The predicted molar refractivity (Wildman–Crippen MR) is 83.9 cm³/mol. The molecule has 0 spiro atoms. The lowest BCUT2D eigenvalue weighted by Gasteiger charge is -2.19. The topological polar surface area (TPSA) is 75.4 Å². The van der Waals surface area contributed by atoms with Crippen LogP contribution in [0, 0.1) is 0 Å². The van der Waals surface area contributed by atoms with E-state index in [9.17, 15) is 8.42 Å². The monoisotopic (exact) mass is 299 g/mol. The number of nitrogens with one attached hydrogen (secondary N) is 1. The average molecular weight is 299 g/mol. The maximum Gasteiger partial charge on any atom is 0.215 e. The van der Waals surface area contributed by atoms with E-state index in [2.05, 4.69) is 23.5 Å². The van der Waals surface area contributed by atoms with Gasteiger partial charge in [0.05, 0.1) is 5.75 Å². The van der Waals surface area contributed by atoms with Gasteiger partial charge in [-0.3, -0.25) is 0 Å². The van der Waals surface area contributed by atoms with Crippen molar-refractivity contribution >= 4 is 15.7 Å². The standard InChI is InChI=1S/C14H25N3O2S/c1-3-10-17(4-2)11-9-16-20(18,19)12-13-7-5-6-8-14(13)15/h5-8,16H,3-4,9-12,15H2,1-2H3. The van der Waals surface area contributed by atoms with Crippen molar-refractivity contribution in [3.05, 3.63) is 29.8 Å². The van der Waals surface area contributed by atoms with Crippen molar-refractivity contribution in [2.45, 2.75) is 26.0 Å². The summed E-state index contributed by atoms with van der Waals surface area (Å²) in [6.07, 6.45) is 1.07. The third kappa shape index (κ3) is 5.90. The van der Waals surface area contributed by atoms with Crippen LogP contribution in [0.4, 0.5) is 5.69 Å². The normalized spacial score (nSPS) is 11.9. The maximum atomic E-state index is 12.0. The van der Waals surface area contributed by atoms with Gasteiger partial charge in [-0.05, 0) is 31.1 Å². The van der Waals surface area contributed by atoms with Gasteiger partial charge in [-0.1, -0.05) is 32.0 Å². The molecule has 1 aromatic rings. The van der Waals surface area contributed by atoms with Gasteiger partial charge in [0.25, 0.3) is 0 Å². The van der Waals surface area contributed by atoms with Gasteiger partial charge in [0.15, 0.2) is 0 Å². The number of nitrogens with zero attached hydrogens (tertiary/aromatic N) is 1. The molecule has 5 nitrogen and oxygen atoms in total. The molecule has 0 saturated carbocycles. The Bertz CT molecular complexity index is 503. The molecule has 0 aliphatic rings. The summed E-state index contributed by atoms with van der Waals surface area (Å²) in [5.74, 6) is -0.0699. The fourth-order valence-electron chi connectivity index (χ4n) is 2.02. The minimum absolute atomic E-state index is 0.0699. The van der Waals surface area contributed by atoms with Crippen molar-refractivity contribution in [3.63, 3.8) is 0 Å². The highest BCUT2D eigenvalue weighted by molar-refractivity contribution is 7.88. The molecule has 0 amide bonds. The number of nitrogens with two attached hydrogens (primary N) is 1. The molecule has 0 saturated heterocycles. The van der Waals surface area contributed by atoms with E-state index in [0.717, 1.165) is 26.1 Å². The Morgan fingerprint density at radius 1 is 1.20 bits per heavy atom. The summed E-state index contributed by atoms with van der Waals surface area (Å²) >= 11 is 0. The Morgan fingerprint density at radius 3 is 2.50 bits per heavy atom. The smallest absolute Gasteiger partial charge is 0.215 e. The maximum absolute atomic E-state index is 12.0. The first-order chi connectivity index (χ1) is 9.48. The highest BCUT2D eigenvalue weighted by Gasteiger charge is 2.13. The Morgan fingerprint density at radius 2 is 1.90 bits per heavy atom. The number of rotatable bonds is 9. The molecule has 0 aliphatic heterocycles. The fraction of sp³-hybridized carbons (Fsp3) is 0.571. The summed E-state index contributed by atoms with van der Waals surface area (Å²) in [5.41, 5.74) is 6.92. The van der Waals surface area contributed by atoms with Gasteiger partial charge in [-0.2, -0.15) is 0 Å². The molecule has 1 rings (SSSR count). The molecule has 0 bridgehead atoms. The summed E-state index contributed by atoms with van der Waals surface area (Å²) in [6, 6.07) is 7.04. The molecule has 6 heteroatoms. The Hall–Kier alpha value is -1.11. The minimum atomic E-state index is -3.33. The summed E-state index contributed by atoms with van der Waals surface area (Å²) in [4.78, 5) is 2.22. The Labute approximate surface area is 122 Å². The van der Waals surface area contributed by atoms with E-state index in [1.807, 2.05) is 0 Å². The van der Waals surface area contributed by atoms with E-state index >= 15 is 0 Å². The van der Waals surface area contributed by atoms with Crippen molar-refractivity contribution in [1.82, 2.24) is 9.62 Å². The summed E-state index contributed by atoms with van der Waals surface area (Å²) < 4.78 is 26.6. The number of anilines is 1. The number of benzene rings is 1. The van der Waals surface area contributed by atoms with Crippen molar-refractivity contribution in [2.75, 3.05) is 31.9 Å². The van der Waals surface area contributed by atoms with Gasteiger partial charge in [0.1, 0.15) is 0 Å². The van der Waals surface area contributed by atoms with Gasteiger partial charge in [-0.15, -0.1) is 0 Å². The molecular weight excluding hydrogens is 274 g/mol. The summed E-state index contributed by atoms with van der Waals surface area (Å²) in [6.45, 7) is 7.28. The van der Waals surface area contributed by atoms with Crippen LogP contribution in [-0.2, 0) is 15.8 Å². The second-order valence-corrected chi connectivity index (χ2v) is 6.59.